The molecule has 0 rings (SSSR count). The van der Waals surface area contributed by atoms with Crippen LogP contribution in [0.15, 0.2) is 0 Å². The van der Waals surface area contributed by atoms with Gasteiger partial charge in [0.1, 0.15) is 0 Å². The van der Waals surface area contributed by atoms with Crippen LogP contribution in [0.4, 0.5) is 0 Å². The maximum absolute atomic E-state index is 8.75. The van der Waals surface area contributed by atoms with Crippen molar-refractivity contribution in [3.63, 3.8) is 0 Å². The molecule has 0 radical (unpaired) electrons. The monoisotopic (exact) mass is 73.0 g/mol. The van der Waals surface area contributed by atoms with Crippen molar-refractivity contribution in [2.45, 2.75) is 0 Å². The van der Waals surface area contributed by atoms with E-state index in [1.54, 1.807) is 0 Å². The van der Waals surface area contributed by atoms with E-state index in [2.05, 4.69) is 5.64 Å². The normalized spacial score (nSPS) is 4.50. The molecular formula is H2BLi2NO2. The maximum Gasteiger partial charge on any atom is 1.00 e. The Morgan fingerprint density at radius 2 is 1.17 bits per heavy atom. The van der Waals surface area contributed by atoms with Crippen molar-refractivity contribution >= 4 is 7.25 Å². The third-order valence-electron chi connectivity index (χ3n) is 0. The van der Waals surface area contributed by atoms with Crippen LogP contribution in [-0.2, 0) is 0 Å². The van der Waals surface area contributed by atoms with E-state index >= 15 is 0 Å². The van der Waals surface area contributed by atoms with Crippen molar-refractivity contribution in [3.8, 4) is 0 Å². The van der Waals surface area contributed by atoms with Gasteiger partial charge >= 0.3 is 37.7 Å². The van der Waals surface area contributed by atoms with Crippen molar-refractivity contribution in [2.24, 2.45) is 5.64 Å². The van der Waals surface area contributed by atoms with Crippen molar-refractivity contribution in [1.29, 1.82) is 0 Å². The van der Waals surface area contributed by atoms with Crippen molar-refractivity contribution < 1.29 is 47.8 Å². The molecule has 0 unspecified atom stereocenters. The first kappa shape index (κ1) is 15.7. The van der Waals surface area contributed by atoms with E-state index in [1.165, 1.54) is 0 Å². The van der Waals surface area contributed by atoms with Crippen LogP contribution in [-0.4, -0.2) is 7.25 Å². The summed E-state index contributed by atoms with van der Waals surface area (Å²) in [6, 6.07) is 0. The minimum atomic E-state index is -2.17. The average Bonchev–Trinajstić information content (AvgIpc) is 0.811. The fraction of sp³-hybridized carbons (Fsp3) is 0. The summed E-state index contributed by atoms with van der Waals surface area (Å²) in [5, 5.41) is 17.5. The second-order valence-corrected chi connectivity index (χ2v) is 0.368. The summed E-state index contributed by atoms with van der Waals surface area (Å²) in [5.41, 5.74) is 4.00. The van der Waals surface area contributed by atoms with Gasteiger partial charge in [0.2, 0.25) is 0 Å². The summed E-state index contributed by atoms with van der Waals surface area (Å²) in [7, 11) is -2.17. The zero-order chi connectivity index (χ0) is 3.58. The molecule has 0 aliphatic heterocycles. The predicted octanol–water partition coefficient (Wildman–Crippen LogP) is -9.34. The number of hydrogen-bond donors (Lipinski definition) is 1. The first-order chi connectivity index (χ1) is 1.73. The average molecular weight is 72.7 g/mol. The summed E-state index contributed by atoms with van der Waals surface area (Å²) in [4.78, 5) is 0. The van der Waals surface area contributed by atoms with Crippen molar-refractivity contribution in [1.82, 2.24) is 0 Å². The largest absolute Gasteiger partial charge is 1.00 e. The van der Waals surface area contributed by atoms with Crippen LogP contribution in [0.25, 0.3) is 0 Å². The van der Waals surface area contributed by atoms with E-state index in [0.717, 1.165) is 0 Å². The Bertz CT molecular complexity index is 16.3. The predicted molar refractivity (Wildman–Crippen MR) is 9.94 cm³/mol. The van der Waals surface area contributed by atoms with Gasteiger partial charge in [-0.05, 0) is 7.25 Å². The Kier molecular flexibility index (Phi) is 24.8. The molecule has 6 heavy (non-hydrogen) atoms. The van der Waals surface area contributed by atoms with Gasteiger partial charge in [0.15, 0.2) is 0 Å². The van der Waals surface area contributed by atoms with Crippen LogP contribution in [0, 0.1) is 0 Å². The Morgan fingerprint density at radius 3 is 1.17 bits per heavy atom. The van der Waals surface area contributed by atoms with E-state index in [9.17, 15) is 0 Å². The topological polar surface area (TPSA) is 72.1 Å². The number of nitrogens with two attached hydrogens (primary N) is 1. The third kappa shape index (κ3) is 67.8. The Balaban J connectivity index is -0.0000000450. The Hall–Kier alpha value is 1.14. The van der Waals surface area contributed by atoms with Crippen LogP contribution in [0.2, 0.25) is 0 Å². The van der Waals surface area contributed by atoms with Crippen LogP contribution >= 0.6 is 0 Å². The molecule has 0 saturated heterocycles. The molecular weight excluding hydrogens is 70.7 g/mol. The van der Waals surface area contributed by atoms with Gasteiger partial charge in [-0.25, -0.2) is 0 Å². The summed E-state index contributed by atoms with van der Waals surface area (Å²) in [6.45, 7) is 0. The van der Waals surface area contributed by atoms with Gasteiger partial charge in [-0.2, -0.15) is 0 Å². The molecule has 0 spiro atoms. The van der Waals surface area contributed by atoms with Gasteiger partial charge in [0, 0.05) is 0 Å². The molecule has 0 aliphatic rings. The summed E-state index contributed by atoms with van der Waals surface area (Å²) in [6.07, 6.45) is 0. The molecule has 0 amide bonds. The molecule has 0 fully saturated rings. The van der Waals surface area contributed by atoms with Crippen LogP contribution in [0.5, 0.6) is 0 Å². The number of rotatable bonds is 0. The molecule has 0 aliphatic carbocycles. The summed E-state index contributed by atoms with van der Waals surface area (Å²) in [5.74, 6) is 0. The molecule has 0 saturated carbocycles. The zero-order valence-electron chi connectivity index (χ0n) is 3.97. The minimum Gasteiger partial charge on any atom is -0.881 e. The van der Waals surface area contributed by atoms with E-state index < -0.39 is 7.25 Å². The molecule has 3 nitrogen and oxygen atoms in total. The smallest absolute Gasteiger partial charge is 0.881 e. The molecule has 0 aromatic carbocycles. The second kappa shape index (κ2) is 9.46. The van der Waals surface area contributed by atoms with Gasteiger partial charge in [-0.15, -0.1) is 0 Å². The molecule has 0 heterocycles. The molecule has 0 atom stereocenters. The summed E-state index contributed by atoms with van der Waals surface area (Å²) < 4.78 is 0. The molecule has 2 N–H and O–H groups in total. The van der Waals surface area contributed by atoms with E-state index in [-0.39, 0.29) is 37.7 Å². The van der Waals surface area contributed by atoms with Crippen molar-refractivity contribution in [3.05, 3.63) is 0 Å². The second-order valence-electron chi connectivity index (χ2n) is 0.368. The first-order valence-corrected chi connectivity index (χ1v) is 0.805. The molecule has 6 heteroatoms. The van der Waals surface area contributed by atoms with Gasteiger partial charge in [0.25, 0.3) is 0 Å². The molecule has 0 bridgehead atoms. The quantitative estimate of drug-likeness (QED) is 0.289. The first-order valence-electron chi connectivity index (χ1n) is 0.805. The van der Waals surface area contributed by atoms with Gasteiger partial charge in [0.05, 0.1) is 0 Å². The van der Waals surface area contributed by atoms with Gasteiger partial charge in [-0.1, -0.05) is 0 Å². The van der Waals surface area contributed by atoms with Crippen LogP contribution in [0.1, 0.15) is 0 Å². The molecule has 0 aromatic rings. The third-order valence-corrected chi connectivity index (χ3v) is 0. The molecule has 0 aromatic heterocycles. The van der Waals surface area contributed by atoms with Crippen LogP contribution < -0.4 is 53.4 Å². The van der Waals surface area contributed by atoms with E-state index in [4.69, 9.17) is 10.0 Å². The zero-order valence-corrected chi connectivity index (χ0v) is 3.97. The Morgan fingerprint density at radius 1 is 1.17 bits per heavy atom. The van der Waals surface area contributed by atoms with Crippen LogP contribution in [0.3, 0.4) is 0 Å². The minimum absolute atomic E-state index is 0. The summed E-state index contributed by atoms with van der Waals surface area (Å²) >= 11 is 0. The van der Waals surface area contributed by atoms with Gasteiger partial charge < -0.3 is 15.7 Å². The number of hydrogen-bond acceptors (Lipinski definition) is 3. The SMILES string of the molecule is NB([O-])[O-].[Li+].[Li+]. The fourth-order valence-electron chi connectivity index (χ4n) is 0. The van der Waals surface area contributed by atoms with E-state index in [1.807, 2.05) is 0 Å². The van der Waals surface area contributed by atoms with E-state index in [0.29, 0.717) is 0 Å². The Labute approximate surface area is 60.8 Å². The van der Waals surface area contributed by atoms with Crippen molar-refractivity contribution in [2.75, 3.05) is 0 Å². The standard InChI is InChI=1S/BH2NO2.2Li/c2-1(3)4;;/h2H2;;/q-2;2*+1. The maximum atomic E-state index is 8.75. The van der Waals surface area contributed by atoms with Gasteiger partial charge in [-0.3, -0.25) is 0 Å². The fourth-order valence-corrected chi connectivity index (χ4v) is 0. The molecule has 24 valence electrons.